The van der Waals surface area contributed by atoms with Crippen LogP contribution in [0, 0.1) is 5.92 Å². The van der Waals surface area contributed by atoms with E-state index in [4.69, 9.17) is 4.74 Å². The van der Waals surface area contributed by atoms with E-state index in [0.29, 0.717) is 18.1 Å². The van der Waals surface area contributed by atoms with E-state index in [2.05, 4.69) is 19.9 Å². The number of rotatable bonds is 2. The zero-order valence-electron chi connectivity index (χ0n) is 10.8. The molecule has 0 heterocycles. The van der Waals surface area contributed by atoms with Crippen LogP contribution in [0.4, 0.5) is 0 Å². The fraction of sp³-hybridized carbons (Fsp3) is 0.533. The number of fused-ring (bicyclic) bond motifs is 1. The molecule has 1 aromatic rings. The SMILES string of the molecule is CCOC(=O)c1ccc2c(c1)CC[C@H](C)[C@@H]2C. The van der Waals surface area contributed by atoms with E-state index >= 15 is 0 Å². The average Bonchev–Trinajstić information content (AvgIpc) is 2.34. The van der Waals surface area contributed by atoms with Gasteiger partial charge in [0, 0.05) is 0 Å². The summed E-state index contributed by atoms with van der Waals surface area (Å²) in [5.41, 5.74) is 3.41. The number of esters is 1. The summed E-state index contributed by atoms with van der Waals surface area (Å²) in [5, 5.41) is 0. The van der Waals surface area contributed by atoms with Gasteiger partial charge < -0.3 is 4.74 Å². The molecule has 0 bridgehead atoms. The minimum atomic E-state index is -0.207. The minimum absolute atomic E-state index is 0.207. The van der Waals surface area contributed by atoms with Gasteiger partial charge in [-0.2, -0.15) is 0 Å². The first-order valence-corrected chi connectivity index (χ1v) is 6.43. The third-order valence-electron chi connectivity index (χ3n) is 3.87. The van der Waals surface area contributed by atoms with Crippen LogP contribution >= 0.6 is 0 Å². The molecule has 2 heteroatoms. The van der Waals surface area contributed by atoms with Crippen molar-refractivity contribution in [1.29, 1.82) is 0 Å². The molecule has 0 N–H and O–H groups in total. The van der Waals surface area contributed by atoms with Crippen molar-refractivity contribution in [3.05, 3.63) is 34.9 Å². The first-order chi connectivity index (χ1) is 8.13. The molecule has 0 fully saturated rings. The van der Waals surface area contributed by atoms with Gasteiger partial charge in [-0.25, -0.2) is 4.79 Å². The lowest BCUT2D eigenvalue weighted by Crippen LogP contribution is -2.17. The summed E-state index contributed by atoms with van der Waals surface area (Å²) in [6, 6.07) is 6.00. The zero-order valence-corrected chi connectivity index (χ0v) is 10.8. The molecule has 0 aliphatic heterocycles. The highest BCUT2D eigenvalue weighted by atomic mass is 16.5. The Balaban J connectivity index is 2.29. The van der Waals surface area contributed by atoms with E-state index < -0.39 is 0 Å². The lowest BCUT2D eigenvalue weighted by molar-refractivity contribution is 0.0526. The molecule has 2 atom stereocenters. The fourth-order valence-corrected chi connectivity index (χ4v) is 2.55. The largest absolute Gasteiger partial charge is 0.462 e. The Kier molecular flexibility index (Phi) is 3.51. The molecule has 0 amide bonds. The van der Waals surface area contributed by atoms with E-state index in [9.17, 15) is 4.79 Å². The topological polar surface area (TPSA) is 26.3 Å². The molecule has 2 nitrogen and oxygen atoms in total. The van der Waals surface area contributed by atoms with Crippen LogP contribution in [-0.2, 0) is 11.2 Å². The molecule has 92 valence electrons. The molecule has 0 aromatic heterocycles. The highest BCUT2D eigenvalue weighted by Crippen LogP contribution is 2.35. The standard InChI is InChI=1S/C15H20O2/c1-4-17-15(16)13-7-8-14-11(3)10(2)5-6-12(14)9-13/h7-11H,4-6H2,1-3H3/t10-,11-/m0/s1. The molecule has 2 rings (SSSR count). The van der Waals surface area contributed by atoms with Gasteiger partial charge in [0.05, 0.1) is 12.2 Å². The summed E-state index contributed by atoms with van der Waals surface area (Å²) in [7, 11) is 0. The van der Waals surface area contributed by atoms with Crippen LogP contribution < -0.4 is 0 Å². The Morgan fingerprint density at radius 3 is 2.88 bits per heavy atom. The fourth-order valence-electron chi connectivity index (χ4n) is 2.55. The molecule has 1 aliphatic rings. The van der Waals surface area contributed by atoms with Gasteiger partial charge in [-0.15, -0.1) is 0 Å². The van der Waals surface area contributed by atoms with Gasteiger partial charge in [-0.1, -0.05) is 19.9 Å². The number of benzene rings is 1. The molecule has 0 radical (unpaired) electrons. The molecule has 17 heavy (non-hydrogen) atoms. The Hall–Kier alpha value is -1.31. The van der Waals surface area contributed by atoms with Crippen LogP contribution in [0.1, 0.15) is 54.6 Å². The summed E-state index contributed by atoms with van der Waals surface area (Å²) in [5.74, 6) is 1.12. The van der Waals surface area contributed by atoms with Crippen molar-refractivity contribution in [2.24, 2.45) is 5.92 Å². The van der Waals surface area contributed by atoms with Crippen molar-refractivity contribution >= 4 is 5.97 Å². The molecule has 1 aliphatic carbocycles. The normalized spacial score (nSPS) is 23.0. The molecule has 0 unspecified atom stereocenters. The van der Waals surface area contributed by atoms with Crippen molar-refractivity contribution in [3.8, 4) is 0 Å². The molecule has 0 saturated carbocycles. The number of hydrogen-bond donors (Lipinski definition) is 0. The number of hydrogen-bond acceptors (Lipinski definition) is 2. The first kappa shape index (κ1) is 12.2. The van der Waals surface area contributed by atoms with Crippen molar-refractivity contribution in [2.45, 2.75) is 39.5 Å². The number of aryl methyl sites for hydroxylation is 1. The predicted molar refractivity (Wildman–Crippen MR) is 68.3 cm³/mol. The van der Waals surface area contributed by atoms with Crippen molar-refractivity contribution < 1.29 is 9.53 Å². The van der Waals surface area contributed by atoms with Crippen molar-refractivity contribution in [3.63, 3.8) is 0 Å². The first-order valence-electron chi connectivity index (χ1n) is 6.43. The van der Waals surface area contributed by atoms with E-state index in [1.807, 2.05) is 19.1 Å². The smallest absolute Gasteiger partial charge is 0.338 e. The van der Waals surface area contributed by atoms with Crippen LogP contribution in [0.25, 0.3) is 0 Å². The van der Waals surface area contributed by atoms with E-state index in [1.54, 1.807) is 0 Å². The third kappa shape index (κ3) is 2.36. The van der Waals surface area contributed by atoms with Gasteiger partial charge in [0.15, 0.2) is 0 Å². The van der Waals surface area contributed by atoms with Gasteiger partial charge in [-0.05, 0) is 54.9 Å². The lowest BCUT2D eigenvalue weighted by atomic mass is 9.76. The second-order valence-electron chi connectivity index (χ2n) is 4.94. The number of ether oxygens (including phenoxy) is 1. The predicted octanol–water partition coefficient (Wildman–Crippen LogP) is 3.55. The van der Waals surface area contributed by atoms with E-state index in [1.165, 1.54) is 17.5 Å². The van der Waals surface area contributed by atoms with Gasteiger partial charge in [0.25, 0.3) is 0 Å². The highest BCUT2D eigenvalue weighted by Gasteiger charge is 2.23. The molecule has 1 aromatic carbocycles. The summed E-state index contributed by atoms with van der Waals surface area (Å²) in [4.78, 5) is 11.7. The van der Waals surface area contributed by atoms with Crippen LogP contribution in [0.2, 0.25) is 0 Å². The quantitative estimate of drug-likeness (QED) is 0.729. The minimum Gasteiger partial charge on any atom is -0.462 e. The van der Waals surface area contributed by atoms with Gasteiger partial charge in [-0.3, -0.25) is 0 Å². The van der Waals surface area contributed by atoms with E-state index in [-0.39, 0.29) is 5.97 Å². The second kappa shape index (κ2) is 4.91. The van der Waals surface area contributed by atoms with Gasteiger partial charge in [0.1, 0.15) is 0 Å². The van der Waals surface area contributed by atoms with Crippen LogP contribution in [0.5, 0.6) is 0 Å². The zero-order chi connectivity index (χ0) is 12.4. The average molecular weight is 232 g/mol. The Bertz CT molecular complexity index is 423. The highest BCUT2D eigenvalue weighted by molar-refractivity contribution is 5.89. The monoisotopic (exact) mass is 232 g/mol. The third-order valence-corrected chi connectivity index (χ3v) is 3.87. The van der Waals surface area contributed by atoms with Crippen molar-refractivity contribution in [1.82, 2.24) is 0 Å². The van der Waals surface area contributed by atoms with Crippen LogP contribution in [-0.4, -0.2) is 12.6 Å². The van der Waals surface area contributed by atoms with Gasteiger partial charge >= 0.3 is 5.97 Å². The maximum absolute atomic E-state index is 11.7. The maximum Gasteiger partial charge on any atom is 0.338 e. The Morgan fingerprint density at radius 2 is 2.18 bits per heavy atom. The Morgan fingerprint density at radius 1 is 1.41 bits per heavy atom. The van der Waals surface area contributed by atoms with Crippen LogP contribution in [0.15, 0.2) is 18.2 Å². The number of carbonyl (C=O) groups is 1. The molecular weight excluding hydrogens is 212 g/mol. The summed E-state index contributed by atoms with van der Waals surface area (Å²) in [6.07, 6.45) is 2.29. The van der Waals surface area contributed by atoms with E-state index in [0.717, 1.165) is 12.3 Å². The van der Waals surface area contributed by atoms with Crippen molar-refractivity contribution in [2.75, 3.05) is 6.61 Å². The van der Waals surface area contributed by atoms with Gasteiger partial charge in [0.2, 0.25) is 0 Å². The molecule has 0 saturated heterocycles. The van der Waals surface area contributed by atoms with Crippen LogP contribution in [0.3, 0.4) is 0 Å². The molecular formula is C15H20O2. The summed E-state index contributed by atoms with van der Waals surface area (Å²) in [6.45, 7) is 6.84. The number of carbonyl (C=O) groups excluding carboxylic acids is 1. The maximum atomic E-state index is 11.7. The summed E-state index contributed by atoms with van der Waals surface area (Å²) >= 11 is 0. The molecule has 0 spiro atoms. The second-order valence-corrected chi connectivity index (χ2v) is 4.94. The Labute approximate surface area is 103 Å². The lowest BCUT2D eigenvalue weighted by Gasteiger charge is -2.28. The summed E-state index contributed by atoms with van der Waals surface area (Å²) < 4.78 is 5.03.